The number of fused-ring (bicyclic) bond motifs is 6. The number of carbonyl (C=O) groups is 1. The molecule has 0 saturated heterocycles. The lowest BCUT2D eigenvalue weighted by molar-refractivity contribution is 0.112. The number of aldehydes is 1. The van der Waals surface area contributed by atoms with Gasteiger partial charge in [0.25, 0.3) is 0 Å². The molecule has 0 aliphatic heterocycles. The molecular formula is C64H42Br4O4. The number of benzene rings is 10. The molecule has 0 saturated carbocycles. The van der Waals surface area contributed by atoms with Crippen molar-refractivity contribution in [2.45, 2.75) is 17.4 Å². The quantitative estimate of drug-likeness (QED) is 0.139. The van der Waals surface area contributed by atoms with E-state index in [1.807, 2.05) is 60.7 Å². The lowest BCUT2D eigenvalue weighted by atomic mass is 9.68. The first-order valence-electron chi connectivity index (χ1n) is 23.3. The Balaban J connectivity index is 0.000000156. The Morgan fingerprint density at radius 3 is 0.958 bits per heavy atom. The molecule has 2 aliphatic carbocycles. The molecule has 0 atom stereocenters. The number of carbonyl (C=O) groups excluding carboxylic acids is 1. The van der Waals surface area contributed by atoms with E-state index in [1.54, 1.807) is 12.1 Å². The average molecular weight is 1190 g/mol. The van der Waals surface area contributed by atoms with Gasteiger partial charge >= 0.3 is 0 Å². The summed E-state index contributed by atoms with van der Waals surface area (Å²) in [5, 5.41) is 9.30. The van der Waals surface area contributed by atoms with Gasteiger partial charge in [0.05, 0.1) is 17.4 Å². The van der Waals surface area contributed by atoms with Crippen LogP contribution >= 0.6 is 63.7 Å². The van der Waals surface area contributed by atoms with Crippen molar-refractivity contribution in [3.8, 4) is 45.3 Å². The van der Waals surface area contributed by atoms with E-state index >= 15 is 0 Å². The summed E-state index contributed by atoms with van der Waals surface area (Å²) >= 11 is 14.9. The molecule has 0 radical (unpaired) electrons. The summed E-state index contributed by atoms with van der Waals surface area (Å²) in [5.41, 5.74) is 15.2. The van der Waals surface area contributed by atoms with Gasteiger partial charge in [-0.15, -0.1) is 0 Å². The molecule has 350 valence electrons. The molecule has 2 aliphatic rings. The van der Waals surface area contributed by atoms with E-state index in [1.165, 1.54) is 61.2 Å². The SMILES string of the molecule is O=Cc1ccc(Oc2ccc(C3(c4ccccc4)c4cc(Br)ccc4-c4ccc(Br)cc43)cc2)cc1.OCc1ccc(Oc2ccc(C3(c4ccccc4)c4cc(Br)ccc4-c4ccc(Br)cc43)cc2)cc1. The Morgan fingerprint density at radius 2 is 0.653 bits per heavy atom. The van der Waals surface area contributed by atoms with Gasteiger partial charge in [-0.25, -0.2) is 0 Å². The molecule has 0 amide bonds. The van der Waals surface area contributed by atoms with Crippen molar-refractivity contribution in [2.24, 2.45) is 0 Å². The van der Waals surface area contributed by atoms with Crippen molar-refractivity contribution in [3.63, 3.8) is 0 Å². The third kappa shape index (κ3) is 8.59. The zero-order valence-electron chi connectivity index (χ0n) is 38.4. The van der Waals surface area contributed by atoms with E-state index in [9.17, 15) is 9.90 Å². The van der Waals surface area contributed by atoms with Crippen molar-refractivity contribution in [3.05, 3.63) is 304 Å². The van der Waals surface area contributed by atoms with Crippen LogP contribution in [0.4, 0.5) is 0 Å². The molecule has 10 aromatic carbocycles. The molecular weight excluding hydrogens is 1150 g/mol. The van der Waals surface area contributed by atoms with Crippen LogP contribution in [0.25, 0.3) is 22.3 Å². The van der Waals surface area contributed by atoms with Gasteiger partial charge in [0.1, 0.15) is 29.3 Å². The Kier molecular flexibility index (Phi) is 13.3. The van der Waals surface area contributed by atoms with Gasteiger partial charge in [0.2, 0.25) is 0 Å². The Morgan fingerprint density at radius 1 is 0.361 bits per heavy atom. The van der Waals surface area contributed by atoms with Crippen LogP contribution in [-0.2, 0) is 17.4 Å². The first-order valence-corrected chi connectivity index (χ1v) is 26.5. The second-order valence-corrected chi connectivity index (χ2v) is 21.4. The highest BCUT2D eigenvalue weighted by molar-refractivity contribution is 9.11. The summed E-state index contributed by atoms with van der Waals surface area (Å²) in [6.07, 6.45) is 0.829. The first kappa shape index (κ1) is 47.7. The van der Waals surface area contributed by atoms with Crippen LogP contribution < -0.4 is 9.47 Å². The van der Waals surface area contributed by atoms with Gasteiger partial charge in [0, 0.05) is 23.5 Å². The van der Waals surface area contributed by atoms with E-state index in [0.717, 1.165) is 52.6 Å². The molecule has 0 fully saturated rings. The van der Waals surface area contributed by atoms with Crippen LogP contribution in [0.3, 0.4) is 0 Å². The maximum atomic E-state index is 11.0. The van der Waals surface area contributed by atoms with Crippen LogP contribution in [0.15, 0.2) is 248 Å². The summed E-state index contributed by atoms with van der Waals surface area (Å²) in [6.45, 7) is 0.0196. The predicted molar refractivity (Wildman–Crippen MR) is 303 cm³/mol. The standard InChI is InChI=1S/C32H22Br2O2.C32H20Br2O2/c2*33-24-10-16-28-29-17-11-25(34)19-31(29)32(30(28)18-24,22-4-2-1-3-5-22)23-8-14-27(15-9-23)36-26-12-6-21(20-35)7-13-26/h1-19,35H,20H2;1-20H. The van der Waals surface area contributed by atoms with Gasteiger partial charge in [-0.05, 0) is 182 Å². The molecule has 0 spiro atoms. The van der Waals surface area contributed by atoms with E-state index < -0.39 is 10.8 Å². The minimum Gasteiger partial charge on any atom is -0.457 e. The minimum absolute atomic E-state index is 0.0196. The lowest BCUT2D eigenvalue weighted by Crippen LogP contribution is -2.28. The largest absolute Gasteiger partial charge is 0.457 e. The fourth-order valence-corrected chi connectivity index (χ4v) is 12.0. The highest BCUT2D eigenvalue weighted by Gasteiger charge is 2.48. The second-order valence-electron chi connectivity index (χ2n) is 17.7. The second kappa shape index (κ2) is 20.1. The number of rotatable bonds is 10. The van der Waals surface area contributed by atoms with E-state index in [4.69, 9.17) is 9.47 Å². The van der Waals surface area contributed by atoms with E-state index in [0.29, 0.717) is 11.3 Å². The van der Waals surface area contributed by atoms with Crippen molar-refractivity contribution in [1.29, 1.82) is 0 Å². The Bertz CT molecular complexity index is 3500. The number of halogens is 4. The fraction of sp³-hybridized carbons (Fsp3) is 0.0469. The van der Waals surface area contributed by atoms with Crippen LogP contribution in [0, 0.1) is 0 Å². The molecule has 4 nitrogen and oxygen atoms in total. The summed E-state index contributed by atoms with van der Waals surface area (Å²) in [5.74, 6) is 2.93. The van der Waals surface area contributed by atoms with Gasteiger partial charge in [0.15, 0.2) is 0 Å². The van der Waals surface area contributed by atoms with Crippen molar-refractivity contribution in [2.75, 3.05) is 0 Å². The normalized spacial score (nSPS) is 13.1. The first-order chi connectivity index (χ1) is 35.2. The van der Waals surface area contributed by atoms with Crippen LogP contribution in [0.2, 0.25) is 0 Å². The van der Waals surface area contributed by atoms with Crippen LogP contribution in [-0.4, -0.2) is 11.4 Å². The zero-order valence-corrected chi connectivity index (χ0v) is 44.8. The van der Waals surface area contributed by atoms with Gasteiger partial charge < -0.3 is 14.6 Å². The summed E-state index contributed by atoms with van der Waals surface area (Å²) < 4.78 is 16.4. The number of hydrogen-bond donors (Lipinski definition) is 1. The van der Waals surface area contributed by atoms with Crippen LogP contribution in [0.5, 0.6) is 23.0 Å². The predicted octanol–water partition coefficient (Wildman–Crippen LogP) is 18.0. The van der Waals surface area contributed by atoms with Gasteiger partial charge in [-0.1, -0.05) is 185 Å². The Labute approximate surface area is 452 Å². The smallest absolute Gasteiger partial charge is 0.150 e. The highest BCUT2D eigenvalue weighted by Crippen LogP contribution is 2.59. The molecule has 8 heteroatoms. The molecule has 1 N–H and O–H groups in total. The number of ether oxygens (including phenoxy) is 2. The van der Waals surface area contributed by atoms with Gasteiger partial charge in [-0.3, -0.25) is 4.79 Å². The van der Waals surface area contributed by atoms with Crippen molar-refractivity contribution >= 4 is 70.0 Å². The third-order valence-electron chi connectivity index (χ3n) is 13.7. The third-order valence-corrected chi connectivity index (χ3v) is 15.7. The summed E-state index contributed by atoms with van der Waals surface area (Å²) in [6, 6.07) is 79.1. The molecule has 72 heavy (non-hydrogen) atoms. The van der Waals surface area contributed by atoms with Crippen molar-refractivity contribution in [1.82, 2.24) is 0 Å². The van der Waals surface area contributed by atoms with E-state index in [-0.39, 0.29) is 6.61 Å². The lowest BCUT2D eigenvalue weighted by Gasteiger charge is -2.34. The minimum atomic E-state index is -0.483. The zero-order chi connectivity index (χ0) is 49.4. The summed E-state index contributed by atoms with van der Waals surface area (Å²) in [4.78, 5) is 11.0. The maximum Gasteiger partial charge on any atom is 0.150 e. The maximum absolute atomic E-state index is 11.0. The average Bonchev–Trinajstić information content (AvgIpc) is 3.86. The number of aliphatic hydroxyl groups is 1. The fourth-order valence-electron chi connectivity index (χ4n) is 10.6. The van der Waals surface area contributed by atoms with Crippen molar-refractivity contribution < 1.29 is 19.4 Å². The van der Waals surface area contributed by atoms with E-state index in [2.05, 4.69) is 221 Å². The van der Waals surface area contributed by atoms with Gasteiger partial charge in [-0.2, -0.15) is 0 Å². The number of aliphatic hydroxyl groups excluding tert-OH is 1. The van der Waals surface area contributed by atoms with Crippen LogP contribution in [0.1, 0.15) is 60.4 Å². The summed E-state index contributed by atoms with van der Waals surface area (Å²) in [7, 11) is 0. The molecule has 12 rings (SSSR count). The molecule has 0 heterocycles. The monoisotopic (exact) mass is 1190 g/mol. The molecule has 0 unspecified atom stereocenters. The Hall–Kier alpha value is -6.65. The molecule has 0 bridgehead atoms. The highest BCUT2D eigenvalue weighted by atomic mass is 79.9. The topological polar surface area (TPSA) is 55.8 Å². The number of hydrogen-bond acceptors (Lipinski definition) is 4. The molecule has 0 aromatic heterocycles. The molecule has 10 aromatic rings.